The molecule has 0 amide bonds. The zero-order chi connectivity index (χ0) is 21.0. The number of hydrogen-bond donors (Lipinski definition) is 1. The number of piperazine rings is 1. The fraction of sp³-hybridized carbons (Fsp3) is 0.458. The fourth-order valence-corrected chi connectivity index (χ4v) is 5.15. The van der Waals surface area contributed by atoms with Gasteiger partial charge in [-0.1, -0.05) is 43.2 Å². The maximum absolute atomic E-state index is 5.30. The summed E-state index contributed by atoms with van der Waals surface area (Å²) in [5.41, 5.74) is 2.55. The second-order valence-electron chi connectivity index (χ2n) is 8.61. The number of tetrazole rings is 1. The predicted octanol–water partition coefficient (Wildman–Crippen LogP) is 2.29. The molecular formula is C24H31N6O+. The summed E-state index contributed by atoms with van der Waals surface area (Å²) in [7, 11) is 1.71. The summed E-state index contributed by atoms with van der Waals surface area (Å²) in [6, 6.07) is 19.8. The molecule has 5 rings (SSSR count). The summed E-state index contributed by atoms with van der Waals surface area (Å²) in [6.07, 6.45) is 4.90. The zero-order valence-corrected chi connectivity index (χ0v) is 18.2. The average Bonchev–Trinajstić information content (AvgIpc) is 3.53. The van der Waals surface area contributed by atoms with Crippen molar-refractivity contribution in [3.05, 3.63) is 66.0 Å². The van der Waals surface area contributed by atoms with Gasteiger partial charge >= 0.3 is 0 Å². The lowest BCUT2D eigenvalue weighted by molar-refractivity contribution is -0.927. The molecule has 1 saturated carbocycles. The first-order valence-electron chi connectivity index (χ1n) is 11.4. The van der Waals surface area contributed by atoms with Gasteiger partial charge in [0.2, 0.25) is 5.82 Å². The second-order valence-corrected chi connectivity index (χ2v) is 8.61. The van der Waals surface area contributed by atoms with Gasteiger partial charge in [0, 0.05) is 11.3 Å². The number of anilines is 1. The maximum Gasteiger partial charge on any atom is 0.214 e. The third kappa shape index (κ3) is 4.14. The Labute approximate surface area is 183 Å². The molecule has 0 bridgehead atoms. The molecule has 0 spiro atoms. The SMILES string of the molecule is COc1ccc(N2CC[NH+]([C@@H](c3ccccc3)c3nnnn3C3CCCC3)CC2)cc1. The van der Waals surface area contributed by atoms with Crippen molar-refractivity contribution in [2.24, 2.45) is 0 Å². The van der Waals surface area contributed by atoms with E-state index in [1.54, 1.807) is 7.11 Å². The van der Waals surface area contributed by atoms with Crippen LogP contribution in [0.5, 0.6) is 5.75 Å². The van der Waals surface area contributed by atoms with Crippen LogP contribution >= 0.6 is 0 Å². The number of nitrogens with one attached hydrogen (secondary N) is 1. The lowest BCUT2D eigenvalue weighted by Gasteiger charge is -2.37. The molecular weight excluding hydrogens is 388 g/mol. The molecule has 2 fully saturated rings. The van der Waals surface area contributed by atoms with E-state index in [0.29, 0.717) is 6.04 Å². The number of aromatic nitrogens is 4. The van der Waals surface area contributed by atoms with Crippen LogP contribution in [-0.2, 0) is 0 Å². The number of rotatable bonds is 6. The molecule has 1 aromatic heterocycles. The first-order chi connectivity index (χ1) is 15.3. The van der Waals surface area contributed by atoms with Gasteiger partial charge in [-0.25, -0.2) is 4.68 Å². The maximum atomic E-state index is 5.30. The van der Waals surface area contributed by atoms with Gasteiger partial charge in [0.05, 0.1) is 39.3 Å². The second kappa shape index (κ2) is 9.06. The molecule has 0 radical (unpaired) electrons. The van der Waals surface area contributed by atoms with E-state index in [2.05, 4.69) is 67.6 Å². The third-order valence-electron chi connectivity index (χ3n) is 6.83. The van der Waals surface area contributed by atoms with Crippen LogP contribution in [0.15, 0.2) is 54.6 Å². The van der Waals surface area contributed by atoms with Crippen molar-refractivity contribution in [1.29, 1.82) is 0 Å². The highest BCUT2D eigenvalue weighted by Crippen LogP contribution is 2.31. The van der Waals surface area contributed by atoms with Crippen molar-refractivity contribution in [3.8, 4) is 5.75 Å². The number of quaternary nitrogens is 1. The van der Waals surface area contributed by atoms with Crippen molar-refractivity contribution in [3.63, 3.8) is 0 Å². The van der Waals surface area contributed by atoms with Gasteiger partial charge in [0.25, 0.3) is 0 Å². The summed E-state index contributed by atoms with van der Waals surface area (Å²) < 4.78 is 7.44. The molecule has 162 valence electrons. The van der Waals surface area contributed by atoms with E-state index in [9.17, 15) is 0 Å². The first-order valence-corrected chi connectivity index (χ1v) is 11.4. The predicted molar refractivity (Wildman–Crippen MR) is 120 cm³/mol. The smallest absolute Gasteiger partial charge is 0.214 e. The minimum absolute atomic E-state index is 0.162. The van der Waals surface area contributed by atoms with Crippen LogP contribution in [0.3, 0.4) is 0 Å². The summed E-state index contributed by atoms with van der Waals surface area (Å²) in [6.45, 7) is 4.11. The van der Waals surface area contributed by atoms with Gasteiger partial charge < -0.3 is 14.5 Å². The van der Waals surface area contributed by atoms with Gasteiger partial charge in [-0.3, -0.25) is 0 Å². The molecule has 2 aromatic carbocycles. The van der Waals surface area contributed by atoms with E-state index in [1.807, 2.05) is 12.1 Å². The Morgan fingerprint density at radius 2 is 1.68 bits per heavy atom. The molecule has 1 aliphatic carbocycles. The number of ether oxygens (including phenoxy) is 1. The molecule has 1 atom stereocenters. The van der Waals surface area contributed by atoms with Gasteiger partial charge in [-0.15, -0.1) is 5.10 Å². The highest BCUT2D eigenvalue weighted by molar-refractivity contribution is 5.49. The van der Waals surface area contributed by atoms with E-state index >= 15 is 0 Å². The van der Waals surface area contributed by atoms with E-state index < -0.39 is 0 Å². The third-order valence-corrected chi connectivity index (χ3v) is 6.83. The van der Waals surface area contributed by atoms with Crippen LogP contribution in [-0.4, -0.2) is 53.5 Å². The quantitative estimate of drug-likeness (QED) is 0.664. The molecule has 31 heavy (non-hydrogen) atoms. The molecule has 2 heterocycles. The standard InChI is InChI=1S/C24H30N6O/c1-31-22-13-11-20(12-14-22)28-15-17-29(18-16-28)23(19-7-3-2-4-8-19)24-25-26-27-30(24)21-9-5-6-10-21/h2-4,7-8,11-14,21,23H,5-6,9-10,15-18H2,1H3/p+1/t23-/m0/s1. The first kappa shape index (κ1) is 20.0. The minimum Gasteiger partial charge on any atom is -0.497 e. The molecule has 1 saturated heterocycles. The monoisotopic (exact) mass is 419 g/mol. The van der Waals surface area contributed by atoms with Crippen molar-refractivity contribution >= 4 is 5.69 Å². The molecule has 7 heteroatoms. The van der Waals surface area contributed by atoms with Crippen LogP contribution in [0.25, 0.3) is 0 Å². The highest BCUT2D eigenvalue weighted by atomic mass is 16.5. The van der Waals surface area contributed by atoms with Crippen molar-refractivity contribution in [2.45, 2.75) is 37.8 Å². The normalized spacial score (nSPS) is 18.9. The van der Waals surface area contributed by atoms with E-state index in [1.165, 1.54) is 41.8 Å². The molecule has 1 N–H and O–H groups in total. The van der Waals surface area contributed by atoms with Gasteiger partial charge in [0.1, 0.15) is 5.75 Å². The topological polar surface area (TPSA) is 60.5 Å². The molecule has 1 aliphatic heterocycles. The fourth-order valence-electron chi connectivity index (χ4n) is 5.15. The number of methoxy groups -OCH3 is 1. The van der Waals surface area contributed by atoms with E-state index in [4.69, 9.17) is 4.74 Å². The highest BCUT2D eigenvalue weighted by Gasteiger charge is 2.36. The Balaban J connectivity index is 1.38. The van der Waals surface area contributed by atoms with Gasteiger partial charge in [-0.05, 0) is 47.5 Å². The largest absolute Gasteiger partial charge is 0.497 e. The van der Waals surface area contributed by atoms with E-state index in [0.717, 1.165) is 37.8 Å². The Bertz CT molecular complexity index is 959. The molecule has 7 nitrogen and oxygen atoms in total. The number of nitrogens with zero attached hydrogens (tertiary/aromatic N) is 5. The summed E-state index contributed by atoms with van der Waals surface area (Å²) in [5.74, 6) is 1.92. The van der Waals surface area contributed by atoms with Gasteiger partial charge in [-0.2, -0.15) is 0 Å². The molecule has 2 aliphatic rings. The Morgan fingerprint density at radius 1 is 0.968 bits per heavy atom. The van der Waals surface area contributed by atoms with Crippen LogP contribution in [0.1, 0.15) is 49.2 Å². The lowest BCUT2D eigenvalue weighted by atomic mass is 10.0. The lowest BCUT2D eigenvalue weighted by Crippen LogP contribution is -3.15. The Morgan fingerprint density at radius 3 is 2.35 bits per heavy atom. The number of benzene rings is 2. The van der Waals surface area contributed by atoms with Crippen LogP contribution < -0.4 is 14.5 Å². The van der Waals surface area contributed by atoms with Crippen molar-refractivity contribution < 1.29 is 9.64 Å². The molecule has 0 unspecified atom stereocenters. The van der Waals surface area contributed by atoms with Crippen LogP contribution in [0, 0.1) is 0 Å². The van der Waals surface area contributed by atoms with Crippen molar-refractivity contribution in [2.75, 3.05) is 38.2 Å². The summed E-state index contributed by atoms with van der Waals surface area (Å²) >= 11 is 0. The van der Waals surface area contributed by atoms with Crippen LogP contribution in [0.4, 0.5) is 5.69 Å². The van der Waals surface area contributed by atoms with Crippen molar-refractivity contribution in [1.82, 2.24) is 20.2 Å². The van der Waals surface area contributed by atoms with Crippen LogP contribution in [0.2, 0.25) is 0 Å². The Hall–Kier alpha value is -2.93. The van der Waals surface area contributed by atoms with E-state index in [-0.39, 0.29) is 6.04 Å². The minimum atomic E-state index is 0.162. The average molecular weight is 420 g/mol. The van der Waals surface area contributed by atoms with Gasteiger partial charge in [0.15, 0.2) is 6.04 Å². The summed E-state index contributed by atoms with van der Waals surface area (Å²) in [4.78, 5) is 4.00. The number of hydrogen-bond acceptors (Lipinski definition) is 5. The summed E-state index contributed by atoms with van der Waals surface area (Å²) in [5, 5.41) is 13.1. The molecule has 3 aromatic rings. The zero-order valence-electron chi connectivity index (χ0n) is 18.2. The Kier molecular flexibility index (Phi) is 5.84.